The van der Waals surface area contributed by atoms with Crippen LogP contribution in [0.1, 0.15) is 16.5 Å². The topological polar surface area (TPSA) is 18.5 Å². The van der Waals surface area contributed by atoms with Gasteiger partial charge >= 0.3 is 0 Å². The van der Waals surface area contributed by atoms with Crippen LogP contribution < -0.4 is 9.47 Å². The third-order valence-electron chi connectivity index (χ3n) is 2.95. The van der Waals surface area contributed by atoms with E-state index in [4.69, 9.17) is 32.7 Å². The normalized spacial score (nSPS) is 12.1. The summed E-state index contributed by atoms with van der Waals surface area (Å²) < 4.78 is 11.4. The number of hydrogen-bond donors (Lipinski definition) is 0. The zero-order valence-corrected chi connectivity index (χ0v) is 14.1. The Morgan fingerprint density at radius 2 is 1.75 bits per heavy atom. The molecule has 0 aliphatic heterocycles. The number of halogens is 3. The molecule has 20 heavy (non-hydrogen) atoms. The lowest BCUT2D eigenvalue weighted by Crippen LogP contribution is -1.99. The van der Waals surface area contributed by atoms with Gasteiger partial charge in [-0.2, -0.15) is 0 Å². The van der Waals surface area contributed by atoms with E-state index >= 15 is 0 Å². The minimum atomic E-state index is -0.371. The molecule has 0 radical (unpaired) electrons. The average molecular weight is 376 g/mol. The van der Waals surface area contributed by atoms with E-state index in [1.165, 1.54) is 0 Å². The number of alkyl halides is 1. The third-order valence-corrected chi connectivity index (χ3v) is 4.34. The lowest BCUT2D eigenvalue weighted by atomic mass is 10.0. The molecule has 0 aliphatic rings. The molecule has 0 aromatic heterocycles. The van der Waals surface area contributed by atoms with Gasteiger partial charge in [0.25, 0.3) is 0 Å². The van der Waals surface area contributed by atoms with Crippen LogP contribution in [-0.2, 0) is 0 Å². The largest absolute Gasteiger partial charge is 0.497 e. The van der Waals surface area contributed by atoms with E-state index in [-0.39, 0.29) is 5.38 Å². The molecule has 5 heteroatoms. The van der Waals surface area contributed by atoms with Crippen LogP contribution in [0.2, 0.25) is 5.02 Å². The van der Waals surface area contributed by atoms with E-state index in [0.29, 0.717) is 10.8 Å². The first-order valence-corrected chi connectivity index (χ1v) is 7.48. The van der Waals surface area contributed by atoms with Gasteiger partial charge in [-0.15, -0.1) is 11.6 Å². The second-order valence-electron chi connectivity index (χ2n) is 4.14. The number of rotatable bonds is 4. The first kappa shape index (κ1) is 15.5. The van der Waals surface area contributed by atoms with Gasteiger partial charge in [0.1, 0.15) is 11.5 Å². The molecule has 2 aromatic rings. The second kappa shape index (κ2) is 6.70. The Balaban J connectivity index is 2.45. The van der Waals surface area contributed by atoms with Crippen molar-refractivity contribution in [3.63, 3.8) is 0 Å². The van der Waals surface area contributed by atoms with Crippen molar-refractivity contribution in [1.82, 2.24) is 0 Å². The van der Waals surface area contributed by atoms with Gasteiger partial charge in [-0.25, -0.2) is 0 Å². The molecule has 0 N–H and O–H groups in total. The molecule has 0 bridgehead atoms. The van der Waals surface area contributed by atoms with Crippen LogP contribution in [0.25, 0.3) is 0 Å². The highest BCUT2D eigenvalue weighted by Crippen LogP contribution is 2.40. The fourth-order valence-electron chi connectivity index (χ4n) is 1.91. The molecule has 106 valence electrons. The lowest BCUT2D eigenvalue weighted by molar-refractivity contribution is 0.410. The molecule has 0 saturated heterocycles. The first-order valence-electron chi connectivity index (χ1n) is 5.87. The van der Waals surface area contributed by atoms with Crippen molar-refractivity contribution in [2.75, 3.05) is 14.2 Å². The summed E-state index contributed by atoms with van der Waals surface area (Å²) in [6.07, 6.45) is 0. The zero-order chi connectivity index (χ0) is 14.7. The van der Waals surface area contributed by atoms with E-state index in [1.807, 2.05) is 30.3 Å². The van der Waals surface area contributed by atoms with Crippen molar-refractivity contribution in [1.29, 1.82) is 0 Å². The molecular weight excluding hydrogens is 363 g/mol. The van der Waals surface area contributed by atoms with Gasteiger partial charge in [-0.3, -0.25) is 0 Å². The number of hydrogen-bond acceptors (Lipinski definition) is 2. The van der Waals surface area contributed by atoms with Crippen molar-refractivity contribution in [2.45, 2.75) is 5.38 Å². The van der Waals surface area contributed by atoms with Crippen LogP contribution in [0.3, 0.4) is 0 Å². The van der Waals surface area contributed by atoms with Crippen LogP contribution in [0.15, 0.2) is 40.9 Å². The van der Waals surface area contributed by atoms with E-state index in [9.17, 15) is 0 Å². The maximum atomic E-state index is 6.58. The van der Waals surface area contributed by atoms with Gasteiger partial charge in [0, 0.05) is 15.1 Å². The van der Waals surface area contributed by atoms with Gasteiger partial charge in [0.05, 0.1) is 19.6 Å². The summed E-state index contributed by atoms with van der Waals surface area (Å²) in [5.41, 5.74) is 1.75. The van der Waals surface area contributed by atoms with Crippen molar-refractivity contribution in [3.8, 4) is 11.5 Å². The van der Waals surface area contributed by atoms with Crippen molar-refractivity contribution in [3.05, 3.63) is 57.0 Å². The Hall–Kier alpha value is -0.900. The monoisotopic (exact) mass is 374 g/mol. The van der Waals surface area contributed by atoms with Gasteiger partial charge < -0.3 is 9.47 Å². The van der Waals surface area contributed by atoms with E-state index in [0.717, 1.165) is 21.3 Å². The SMILES string of the molecule is COc1ccc(C(Cl)c2cc(Cl)ccc2OC)c(Br)c1. The highest BCUT2D eigenvalue weighted by atomic mass is 79.9. The molecule has 2 aromatic carbocycles. The number of ether oxygens (including phenoxy) is 2. The highest BCUT2D eigenvalue weighted by molar-refractivity contribution is 9.10. The van der Waals surface area contributed by atoms with Gasteiger partial charge in [0.2, 0.25) is 0 Å². The predicted octanol–water partition coefficient (Wildman–Crippen LogP) is 5.45. The van der Waals surface area contributed by atoms with Gasteiger partial charge in [-0.05, 0) is 35.9 Å². The Morgan fingerprint density at radius 1 is 1.00 bits per heavy atom. The van der Waals surface area contributed by atoms with Crippen molar-refractivity contribution in [2.24, 2.45) is 0 Å². The Labute approximate surface area is 136 Å². The molecule has 0 amide bonds. The molecular formula is C15H13BrCl2O2. The minimum Gasteiger partial charge on any atom is -0.497 e. The molecule has 2 rings (SSSR count). The summed E-state index contributed by atoms with van der Waals surface area (Å²) in [5.74, 6) is 1.47. The lowest BCUT2D eigenvalue weighted by Gasteiger charge is -2.16. The summed E-state index contributed by atoms with van der Waals surface area (Å²) >= 11 is 16.1. The van der Waals surface area contributed by atoms with Crippen LogP contribution in [0.5, 0.6) is 11.5 Å². The smallest absolute Gasteiger partial charge is 0.123 e. The molecule has 2 nitrogen and oxygen atoms in total. The summed E-state index contributed by atoms with van der Waals surface area (Å²) in [6, 6.07) is 11.1. The van der Waals surface area contributed by atoms with Crippen LogP contribution in [-0.4, -0.2) is 14.2 Å². The molecule has 0 saturated carbocycles. The maximum absolute atomic E-state index is 6.58. The molecule has 0 aliphatic carbocycles. The summed E-state index contributed by atoms with van der Waals surface area (Å²) in [5, 5.41) is 0.250. The Bertz CT molecular complexity index is 617. The van der Waals surface area contributed by atoms with Crippen molar-refractivity contribution >= 4 is 39.1 Å². The molecule has 1 atom stereocenters. The van der Waals surface area contributed by atoms with Gasteiger partial charge in [0.15, 0.2) is 0 Å². The molecule has 0 heterocycles. The highest BCUT2D eigenvalue weighted by Gasteiger charge is 2.19. The second-order valence-corrected chi connectivity index (χ2v) is 5.86. The minimum absolute atomic E-state index is 0.371. The van der Waals surface area contributed by atoms with E-state index < -0.39 is 0 Å². The third kappa shape index (κ3) is 3.22. The zero-order valence-electron chi connectivity index (χ0n) is 11.0. The quantitative estimate of drug-likeness (QED) is 0.661. The molecule has 1 unspecified atom stereocenters. The summed E-state index contributed by atoms with van der Waals surface area (Å²) in [7, 11) is 3.24. The maximum Gasteiger partial charge on any atom is 0.123 e. The fourth-order valence-corrected chi connectivity index (χ4v) is 3.17. The van der Waals surface area contributed by atoms with Crippen LogP contribution >= 0.6 is 39.1 Å². The standard InChI is InChI=1S/C15H13BrCl2O2/c1-19-10-4-5-11(13(16)8-10)15(18)12-7-9(17)3-6-14(12)20-2/h3-8,15H,1-2H3. The summed E-state index contributed by atoms with van der Waals surface area (Å²) in [4.78, 5) is 0. The molecule has 0 fully saturated rings. The average Bonchev–Trinajstić information content (AvgIpc) is 2.46. The predicted molar refractivity (Wildman–Crippen MR) is 86.4 cm³/mol. The summed E-state index contributed by atoms with van der Waals surface area (Å²) in [6.45, 7) is 0. The Kier molecular flexibility index (Phi) is 5.19. The van der Waals surface area contributed by atoms with E-state index in [2.05, 4.69) is 15.9 Å². The van der Waals surface area contributed by atoms with E-state index in [1.54, 1.807) is 20.3 Å². The van der Waals surface area contributed by atoms with Crippen LogP contribution in [0.4, 0.5) is 0 Å². The number of benzene rings is 2. The van der Waals surface area contributed by atoms with Crippen molar-refractivity contribution < 1.29 is 9.47 Å². The first-order chi connectivity index (χ1) is 9.56. The number of methoxy groups -OCH3 is 2. The van der Waals surface area contributed by atoms with Gasteiger partial charge in [-0.1, -0.05) is 33.6 Å². The van der Waals surface area contributed by atoms with Crippen LogP contribution in [0, 0.1) is 0 Å². The molecule has 0 spiro atoms. The fraction of sp³-hybridized carbons (Fsp3) is 0.200. The Morgan fingerprint density at radius 3 is 2.35 bits per heavy atom.